The van der Waals surface area contributed by atoms with E-state index in [1.807, 2.05) is 11.8 Å². The zero-order valence-corrected chi connectivity index (χ0v) is 8.23. The van der Waals surface area contributed by atoms with Crippen molar-refractivity contribution < 1.29 is 5.11 Å². The highest BCUT2D eigenvalue weighted by molar-refractivity contribution is 8.00. The van der Waals surface area contributed by atoms with Crippen LogP contribution in [0.15, 0.2) is 0 Å². The molecular formula is C9H18OS. The monoisotopic (exact) mass is 174 g/mol. The molecule has 11 heavy (non-hydrogen) atoms. The fourth-order valence-corrected chi connectivity index (χ4v) is 3.11. The van der Waals surface area contributed by atoms with Crippen LogP contribution in [-0.2, 0) is 0 Å². The van der Waals surface area contributed by atoms with E-state index >= 15 is 0 Å². The van der Waals surface area contributed by atoms with Crippen molar-refractivity contribution in [1.29, 1.82) is 0 Å². The van der Waals surface area contributed by atoms with Gasteiger partial charge in [-0.25, -0.2) is 0 Å². The Balaban J connectivity index is 2.17. The number of aliphatic hydroxyl groups is 1. The minimum atomic E-state index is 0.329. The van der Waals surface area contributed by atoms with Crippen LogP contribution in [0.4, 0.5) is 0 Å². The molecular weight excluding hydrogens is 156 g/mol. The summed E-state index contributed by atoms with van der Waals surface area (Å²) in [5.41, 5.74) is 0. The first kappa shape index (κ1) is 9.40. The Morgan fingerprint density at radius 3 is 2.73 bits per heavy atom. The third-order valence-corrected chi connectivity index (χ3v) is 3.76. The summed E-state index contributed by atoms with van der Waals surface area (Å²) >= 11 is 1.96. The van der Waals surface area contributed by atoms with Gasteiger partial charge in [0.05, 0.1) is 6.61 Å². The Labute approximate surface area is 73.6 Å². The van der Waals surface area contributed by atoms with Gasteiger partial charge in [-0.1, -0.05) is 13.8 Å². The van der Waals surface area contributed by atoms with Gasteiger partial charge in [0.2, 0.25) is 0 Å². The fraction of sp³-hybridized carbons (Fsp3) is 1.00. The highest BCUT2D eigenvalue weighted by Crippen LogP contribution is 2.35. The van der Waals surface area contributed by atoms with Crippen molar-refractivity contribution in [2.45, 2.75) is 43.6 Å². The van der Waals surface area contributed by atoms with Gasteiger partial charge < -0.3 is 5.11 Å². The molecule has 1 fully saturated rings. The lowest BCUT2D eigenvalue weighted by molar-refractivity contribution is 0.299. The molecule has 1 N–H and O–H groups in total. The molecule has 0 aromatic carbocycles. The van der Waals surface area contributed by atoms with Crippen LogP contribution in [0.1, 0.15) is 33.1 Å². The number of hydrogen-bond acceptors (Lipinski definition) is 2. The largest absolute Gasteiger partial charge is 0.395 e. The normalized spacial score (nSPS) is 34.1. The van der Waals surface area contributed by atoms with E-state index in [4.69, 9.17) is 5.11 Å². The van der Waals surface area contributed by atoms with E-state index in [-0.39, 0.29) is 0 Å². The number of rotatable bonds is 3. The molecule has 1 aliphatic rings. The third-order valence-electron chi connectivity index (χ3n) is 2.33. The first-order valence-electron chi connectivity index (χ1n) is 4.48. The van der Waals surface area contributed by atoms with Crippen molar-refractivity contribution in [3.05, 3.63) is 0 Å². The Morgan fingerprint density at radius 1 is 1.55 bits per heavy atom. The minimum absolute atomic E-state index is 0.329. The second-order valence-corrected chi connectivity index (χ2v) is 5.41. The molecule has 3 atom stereocenters. The van der Waals surface area contributed by atoms with E-state index in [1.54, 1.807) is 0 Å². The molecule has 1 rings (SSSR count). The molecule has 0 amide bonds. The molecule has 0 aromatic heterocycles. The van der Waals surface area contributed by atoms with Gasteiger partial charge in [-0.05, 0) is 25.2 Å². The first-order valence-corrected chi connectivity index (χ1v) is 5.43. The smallest absolute Gasteiger partial charge is 0.0547 e. The molecule has 0 aromatic rings. The van der Waals surface area contributed by atoms with Gasteiger partial charge in [0, 0.05) is 10.5 Å². The molecule has 1 aliphatic carbocycles. The van der Waals surface area contributed by atoms with Crippen molar-refractivity contribution in [2.75, 3.05) is 6.61 Å². The Bertz CT molecular complexity index is 116. The maximum Gasteiger partial charge on any atom is 0.0547 e. The summed E-state index contributed by atoms with van der Waals surface area (Å²) in [5.74, 6) is 0.915. The minimum Gasteiger partial charge on any atom is -0.395 e. The van der Waals surface area contributed by atoms with E-state index < -0.39 is 0 Å². The van der Waals surface area contributed by atoms with Crippen LogP contribution in [0, 0.1) is 5.92 Å². The van der Waals surface area contributed by atoms with Crippen LogP contribution in [0.5, 0.6) is 0 Å². The second-order valence-electron chi connectivity index (χ2n) is 3.67. The lowest BCUT2D eigenvalue weighted by atomic mass is 10.1. The first-order chi connectivity index (χ1) is 5.22. The van der Waals surface area contributed by atoms with Crippen molar-refractivity contribution in [3.63, 3.8) is 0 Å². The van der Waals surface area contributed by atoms with Gasteiger partial charge >= 0.3 is 0 Å². The molecule has 0 spiro atoms. The van der Waals surface area contributed by atoms with E-state index in [0.29, 0.717) is 11.9 Å². The van der Waals surface area contributed by atoms with Crippen molar-refractivity contribution in [1.82, 2.24) is 0 Å². The number of aliphatic hydroxyl groups excluding tert-OH is 1. The molecule has 1 nitrogen and oxygen atoms in total. The highest BCUT2D eigenvalue weighted by Gasteiger charge is 2.22. The van der Waals surface area contributed by atoms with Gasteiger partial charge in [0.1, 0.15) is 0 Å². The van der Waals surface area contributed by atoms with Crippen molar-refractivity contribution >= 4 is 11.8 Å². The molecule has 0 bridgehead atoms. The maximum absolute atomic E-state index is 8.84. The molecule has 3 unspecified atom stereocenters. The molecule has 1 saturated carbocycles. The van der Waals surface area contributed by atoms with Crippen LogP contribution < -0.4 is 0 Å². The standard InChI is InChI=1S/C9H18OS/c1-7-3-4-9(5-7)11-8(2)6-10/h7-10H,3-6H2,1-2H3. The van der Waals surface area contributed by atoms with E-state index in [1.165, 1.54) is 19.3 Å². The predicted octanol–water partition coefficient (Wildman–Crippen LogP) is 2.29. The summed E-state index contributed by atoms with van der Waals surface area (Å²) in [7, 11) is 0. The average molecular weight is 174 g/mol. The highest BCUT2D eigenvalue weighted by atomic mass is 32.2. The van der Waals surface area contributed by atoms with Crippen LogP contribution in [0.2, 0.25) is 0 Å². The van der Waals surface area contributed by atoms with Crippen LogP contribution in [0.25, 0.3) is 0 Å². The van der Waals surface area contributed by atoms with E-state index in [2.05, 4.69) is 13.8 Å². The Hall–Kier alpha value is 0.310. The summed E-state index contributed by atoms with van der Waals surface area (Å²) in [6, 6.07) is 0. The second kappa shape index (κ2) is 4.36. The van der Waals surface area contributed by atoms with Gasteiger partial charge in [-0.2, -0.15) is 11.8 Å². The number of thioether (sulfide) groups is 1. The summed E-state index contributed by atoms with van der Waals surface area (Å²) in [5, 5.41) is 10.1. The summed E-state index contributed by atoms with van der Waals surface area (Å²) in [6.07, 6.45) is 4.10. The van der Waals surface area contributed by atoms with Crippen molar-refractivity contribution in [3.8, 4) is 0 Å². The van der Waals surface area contributed by atoms with Crippen LogP contribution in [-0.4, -0.2) is 22.2 Å². The van der Waals surface area contributed by atoms with Crippen LogP contribution in [0.3, 0.4) is 0 Å². The van der Waals surface area contributed by atoms with Crippen molar-refractivity contribution in [2.24, 2.45) is 5.92 Å². The number of hydrogen-bond donors (Lipinski definition) is 1. The van der Waals surface area contributed by atoms with Gasteiger partial charge in [-0.15, -0.1) is 0 Å². The molecule has 0 aliphatic heterocycles. The lowest BCUT2D eigenvalue weighted by Gasteiger charge is -2.13. The molecule has 0 saturated heterocycles. The molecule has 2 heteroatoms. The fourth-order valence-electron chi connectivity index (χ4n) is 1.65. The zero-order chi connectivity index (χ0) is 8.27. The average Bonchev–Trinajstić information content (AvgIpc) is 2.35. The van der Waals surface area contributed by atoms with E-state index in [9.17, 15) is 0 Å². The van der Waals surface area contributed by atoms with Gasteiger partial charge in [-0.3, -0.25) is 0 Å². The third kappa shape index (κ3) is 3.04. The molecule has 0 heterocycles. The van der Waals surface area contributed by atoms with Gasteiger partial charge in [0.25, 0.3) is 0 Å². The Morgan fingerprint density at radius 2 is 2.27 bits per heavy atom. The Kier molecular flexibility index (Phi) is 3.73. The molecule has 66 valence electrons. The predicted molar refractivity (Wildman–Crippen MR) is 50.9 cm³/mol. The van der Waals surface area contributed by atoms with E-state index in [0.717, 1.165) is 11.2 Å². The van der Waals surface area contributed by atoms with Crippen LogP contribution >= 0.6 is 11.8 Å². The quantitative estimate of drug-likeness (QED) is 0.708. The summed E-state index contributed by atoms with van der Waals surface area (Å²) < 4.78 is 0. The molecule has 0 radical (unpaired) electrons. The van der Waals surface area contributed by atoms with Gasteiger partial charge in [0.15, 0.2) is 0 Å². The SMILES string of the molecule is CC1CCC(SC(C)CO)C1. The summed E-state index contributed by atoms with van der Waals surface area (Å²) in [4.78, 5) is 0. The lowest BCUT2D eigenvalue weighted by Crippen LogP contribution is -2.08. The maximum atomic E-state index is 8.84. The summed E-state index contributed by atoms with van der Waals surface area (Å²) in [6.45, 7) is 4.76. The zero-order valence-electron chi connectivity index (χ0n) is 7.42. The topological polar surface area (TPSA) is 20.2 Å².